The molecule has 4 heteroatoms. The summed E-state index contributed by atoms with van der Waals surface area (Å²) >= 11 is 0. The first-order chi connectivity index (χ1) is 9.66. The van der Waals surface area contributed by atoms with E-state index in [4.69, 9.17) is 0 Å². The number of rotatable bonds is 2. The molecule has 0 saturated carbocycles. The Morgan fingerprint density at radius 2 is 1.85 bits per heavy atom. The molecule has 0 aliphatic heterocycles. The first-order valence-electron chi connectivity index (χ1n) is 6.47. The predicted molar refractivity (Wildman–Crippen MR) is 79.1 cm³/mol. The van der Waals surface area contributed by atoms with E-state index in [1.165, 1.54) is 0 Å². The van der Waals surface area contributed by atoms with E-state index in [9.17, 15) is 4.79 Å². The maximum absolute atomic E-state index is 12.2. The van der Waals surface area contributed by atoms with Crippen LogP contribution in [0.3, 0.4) is 0 Å². The molecule has 1 aromatic carbocycles. The van der Waals surface area contributed by atoms with Gasteiger partial charge in [0.1, 0.15) is 0 Å². The number of carbonyl (C=O) groups excluding carboxylic acids is 1. The minimum atomic E-state index is -0.128. The molecule has 2 aromatic heterocycles. The topological polar surface area (TPSA) is 46.4 Å². The number of nitrogens with zero attached hydrogens (tertiary/aromatic N) is 2. The Bertz CT molecular complexity index is 775. The van der Waals surface area contributed by atoms with Crippen molar-refractivity contribution in [2.24, 2.45) is 0 Å². The maximum Gasteiger partial charge on any atom is 0.255 e. The first-order valence-corrected chi connectivity index (χ1v) is 6.47. The molecule has 3 rings (SSSR count). The third-order valence-electron chi connectivity index (χ3n) is 3.41. The van der Waals surface area contributed by atoms with E-state index in [1.807, 2.05) is 54.8 Å². The Morgan fingerprint density at radius 3 is 2.60 bits per heavy atom. The van der Waals surface area contributed by atoms with Crippen molar-refractivity contribution in [3.63, 3.8) is 0 Å². The van der Waals surface area contributed by atoms with E-state index < -0.39 is 0 Å². The van der Waals surface area contributed by atoms with Crippen molar-refractivity contribution in [1.29, 1.82) is 0 Å². The van der Waals surface area contributed by atoms with Crippen LogP contribution in [0.2, 0.25) is 0 Å². The molecule has 0 bridgehead atoms. The summed E-state index contributed by atoms with van der Waals surface area (Å²) < 4.78 is 1.98. The molecule has 0 unspecified atom stereocenters. The molecular formula is C16H15N3O. The lowest BCUT2D eigenvalue weighted by Gasteiger charge is -2.06. The second-order valence-electron chi connectivity index (χ2n) is 4.72. The molecule has 20 heavy (non-hydrogen) atoms. The fourth-order valence-electron chi connectivity index (χ4n) is 2.18. The lowest BCUT2D eigenvalue weighted by molar-refractivity contribution is 0.102. The standard InChI is InChI=1S/C16H15N3O/c1-11-12(2)19-10-6-9-14(15(19)17-11)18-16(20)13-7-4-3-5-8-13/h3-10H,1-2H3,(H,18,20). The van der Waals surface area contributed by atoms with E-state index in [2.05, 4.69) is 10.3 Å². The van der Waals surface area contributed by atoms with Gasteiger partial charge in [-0.3, -0.25) is 4.79 Å². The highest BCUT2D eigenvalue weighted by Gasteiger charge is 2.11. The van der Waals surface area contributed by atoms with Gasteiger partial charge in [0.05, 0.1) is 11.4 Å². The Balaban J connectivity index is 1.99. The van der Waals surface area contributed by atoms with Crippen LogP contribution in [0.1, 0.15) is 21.7 Å². The van der Waals surface area contributed by atoms with Gasteiger partial charge in [-0.25, -0.2) is 4.98 Å². The molecular weight excluding hydrogens is 250 g/mol. The molecule has 1 amide bonds. The number of hydrogen-bond donors (Lipinski definition) is 1. The second kappa shape index (κ2) is 4.81. The van der Waals surface area contributed by atoms with Crippen molar-refractivity contribution in [3.05, 3.63) is 65.6 Å². The lowest BCUT2D eigenvalue weighted by Crippen LogP contribution is -2.12. The molecule has 0 aliphatic carbocycles. The van der Waals surface area contributed by atoms with Crippen LogP contribution in [0.5, 0.6) is 0 Å². The molecule has 1 N–H and O–H groups in total. The third kappa shape index (κ3) is 2.05. The number of fused-ring (bicyclic) bond motifs is 1. The van der Waals surface area contributed by atoms with Crippen molar-refractivity contribution in [3.8, 4) is 0 Å². The normalized spacial score (nSPS) is 10.7. The molecule has 2 heterocycles. The minimum absolute atomic E-state index is 0.128. The molecule has 0 atom stereocenters. The summed E-state index contributed by atoms with van der Waals surface area (Å²) in [5.74, 6) is -0.128. The number of amides is 1. The van der Waals surface area contributed by atoms with Gasteiger partial charge < -0.3 is 9.72 Å². The summed E-state index contributed by atoms with van der Waals surface area (Å²) in [6, 6.07) is 12.9. The van der Waals surface area contributed by atoms with E-state index in [1.54, 1.807) is 12.1 Å². The number of benzene rings is 1. The number of hydrogen-bond acceptors (Lipinski definition) is 2. The summed E-state index contributed by atoms with van der Waals surface area (Å²) in [5.41, 5.74) is 4.17. The number of anilines is 1. The summed E-state index contributed by atoms with van der Waals surface area (Å²) in [4.78, 5) is 16.7. The van der Waals surface area contributed by atoms with Crippen molar-refractivity contribution in [2.45, 2.75) is 13.8 Å². The van der Waals surface area contributed by atoms with Crippen LogP contribution < -0.4 is 5.32 Å². The van der Waals surface area contributed by atoms with Gasteiger partial charge in [-0.15, -0.1) is 0 Å². The van der Waals surface area contributed by atoms with Gasteiger partial charge in [0.25, 0.3) is 5.91 Å². The average molecular weight is 265 g/mol. The Labute approximate surface area is 117 Å². The Morgan fingerprint density at radius 1 is 1.10 bits per heavy atom. The van der Waals surface area contributed by atoms with Crippen LogP contribution in [0, 0.1) is 13.8 Å². The Hall–Kier alpha value is -2.62. The number of aromatic nitrogens is 2. The molecule has 0 radical (unpaired) electrons. The largest absolute Gasteiger partial charge is 0.319 e. The molecule has 0 fully saturated rings. The monoisotopic (exact) mass is 265 g/mol. The molecule has 0 spiro atoms. The van der Waals surface area contributed by atoms with E-state index >= 15 is 0 Å². The second-order valence-corrected chi connectivity index (χ2v) is 4.72. The van der Waals surface area contributed by atoms with E-state index in [0.717, 1.165) is 22.7 Å². The predicted octanol–water partition coefficient (Wildman–Crippen LogP) is 3.20. The SMILES string of the molecule is Cc1nc2c(NC(=O)c3ccccc3)cccn2c1C. The number of carbonyl (C=O) groups is 1. The molecule has 100 valence electrons. The lowest BCUT2D eigenvalue weighted by atomic mass is 10.2. The maximum atomic E-state index is 12.2. The van der Waals surface area contributed by atoms with Crippen molar-refractivity contribution < 1.29 is 4.79 Å². The van der Waals surface area contributed by atoms with Crippen LogP contribution in [-0.2, 0) is 0 Å². The summed E-state index contributed by atoms with van der Waals surface area (Å²) in [6.45, 7) is 3.98. The highest BCUT2D eigenvalue weighted by atomic mass is 16.1. The van der Waals surface area contributed by atoms with Crippen LogP contribution in [0.15, 0.2) is 48.7 Å². The van der Waals surface area contributed by atoms with Crippen molar-refractivity contribution >= 4 is 17.2 Å². The van der Waals surface area contributed by atoms with Gasteiger partial charge in [-0.05, 0) is 38.1 Å². The number of aryl methyl sites for hydroxylation is 2. The number of nitrogens with one attached hydrogen (secondary N) is 1. The highest BCUT2D eigenvalue weighted by Crippen LogP contribution is 2.20. The quantitative estimate of drug-likeness (QED) is 0.773. The zero-order valence-electron chi connectivity index (χ0n) is 11.4. The van der Waals surface area contributed by atoms with Crippen molar-refractivity contribution in [2.75, 3.05) is 5.32 Å². The zero-order chi connectivity index (χ0) is 14.1. The molecule has 0 saturated heterocycles. The molecule has 4 nitrogen and oxygen atoms in total. The Kier molecular flexibility index (Phi) is 2.99. The molecule has 0 aliphatic rings. The fraction of sp³-hybridized carbons (Fsp3) is 0.125. The summed E-state index contributed by atoms with van der Waals surface area (Å²) in [7, 11) is 0. The zero-order valence-corrected chi connectivity index (χ0v) is 11.4. The summed E-state index contributed by atoms with van der Waals surface area (Å²) in [6.07, 6.45) is 1.95. The van der Waals surface area contributed by atoms with Gasteiger partial charge in [0.15, 0.2) is 5.65 Å². The van der Waals surface area contributed by atoms with Crippen LogP contribution in [0.4, 0.5) is 5.69 Å². The first kappa shape index (κ1) is 12.4. The summed E-state index contributed by atoms with van der Waals surface area (Å²) in [5, 5.41) is 2.92. The third-order valence-corrected chi connectivity index (χ3v) is 3.41. The van der Waals surface area contributed by atoms with Crippen LogP contribution >= 0.6 is 0 Å². The van der Waals surface area contributed by atoms with Gasteiger partial charge in [-0.2, -0.15) is 0 Å². The van der Waals surface area contributed by atoms with Gasteiger partial charge >= 0.3 is 0 Å². The number of pyridine rings is 1. The van der Waals surface area contributed by atoms with Gasteiger partial charge in [0, 0.05) is 17.5 Å². The fourth-order valence-corrected chi connectivity index (χ4v) is 2.18. The average Bonchev–Trinajstić information content (AvgIpc) is 2.77. The number of imidazole rings is 1. The van der Waals surface area contributed by atoms with Crippen LogP contribution in [0.25, 0.3) is 5.65 Å². The van der Waals surface area contributed by atoms with Gasteiger partial charge in [0.2, 0.25) is 0 Å². The van der Waals surface area contributed by atoms with E-state index in [-0.39, 0.29) is 5.91 Å². The molecule has 3 aromatic rings. The van der Waals surface area contributed by atoms with Gasteiger partial charge in [-0.1, -0.05) is 18.2 Å². The minimum Gasteiger partial charge on any atom is -0.319 e. The van der Waals surface area contributed by atoms with Crippen molar-refractivity contribution in [1.82, 2.24) is 9.38 Å². The smallest absolute Gasteiger partial charge is 0.255 e. The van der Waals surface area contributed by atoms with Crippen LogP contribution in [-0.4, -0.2) is 15.3 Å². The highest BCUT2D eigenvalue weighted by molar-refractivity contribution is 6.05. The van der Waals surface area contributed by atoms with E-state index in [0.29, 0.717) is 5.56 Å².